The van der Waals surface area contributed by atoms with Crippen molar-refractivity contribution in [3.8, 4) is 0 Å². The van der Waals surface area contributed by atoms with Gasteiger partial charge < -0.3 is 16.0 Å². The van der Waals surface area contributed by atoms with Crippen LogP contribution in [0.1, 0.15) is 26.7 Å². The predicted molar refractivity (Wildman–Crippen MR) is 57.2 cm³/mol. The van der Waals surface area contributed by atoms with Crippen molar-refractivity contribution >= 4 is 11.9 Å². The molecule has 5 nitrogen and oxygen atoms in total. The zero-order valence-electron chi connectivity index (χ0n) is 9.32. The monoisotopic (exact) mass is 213 g/mol. The largest absolute Gasteiger partial charge is 0.369 e. The number of urea groups is 1. The number of nitrogens with zero attached hydrogens (tertiary/aromatic N) is 1. The summed E-state index contributed by atoms with van der Waals surface area (Å²) in [6, 6.07) is 0.0862. The first-order valence-electron chi connectivity index (χ1n) is 5.40. The number of likely N-dealkylation sites (tertiary alicyclic amines) is 1. The number of piperidine rings is 1. The van der Waals surface area contributed by atoms with Gasteiger partial charge in [0.25, 0.3) is 0 Å². The molecule has 5 heteroatoms. The number of amides is 3. The Morgan fingerprint density at radius 1 is 1.47 bits per heavy atom. The van der Waals surface area contributed by atoms with Crippen LogP contribution < -0.4 is 11.1 Å². The van der Waals surface area contributed by atoms with Gasteiger partial charge in [0.05, 0.1) is 5.92 Å². The molecule has 1 aliphatic heterocycles. The Bertz CT molecular complexity index is 255. The van der Waals surface area contributed by atoms with Crippen LogP contribution in [-0.2, 0) is 4.79 Å². The van der Waals surface area contributed by atoms with Crippen LogP contribution >= 0.6 is 0 Å². The summed E-state index contributed by atoms with van der Waals surface area (Å²) in [6.45, 7) is 4.91. The van der Waals surface area contributed by atoms with E-state index in [1.165, 1.54) is 0 Å². The number of hydrogen-bond donors (Lipinski definition) is 2. The molecule has 1 aliphatic rings. The second kappa shape index (κ2) is 5.00. The molecule has 0 spiro atoms. The average molecular weight is 213 g/mol. The lowest BCUT2D eigenvalue weighted by atomic mass is 9.93. The number of rotatable bonds is 2. The second-order valence-corrected chi connectivity index (χ2v) is 4.01. The van der Waals surface area contributed by atoms with E-state index in [0.717, 1.165) is 12.8 Å². The molecule has 3 amide bonds. The van der Waals surface area contributed by atoms with Crippen LogP contribution in [0.5, 0.6) is 0 Å². The molecule has 0 aromatic rings. The van der Waals surface area contributed by atoms with E-state index in [1.807, 2.05) is 13.8 Å². The maximum absolute atomic E-state index is 11.6. The molecule has 3 N–H and O–H groups in total. The van der Waals surface area contributed by atoms with Gasteiger partial charge in [-0.1, -0.05) is 0 Å². The van der Waals surface area contributed by atoms with Crippen molar-refractivity contribution in [2.45, 2.75) is 32.7 Å². The van der Waals surface area contributed by atoms with E-state index >= 15 is 0 Å². The zero-order valence-corrected chi connectivity index (χ0v) is 9.32. The summed E-state index contributed by atoms with van der Waals surface area (Å²) in [6.07, 6.45) is 1.62. The summed E-state index contributed by atoms with van der Waals surface area (Å²) in [5.74, 6) is -0.500. The van der Waals surface area contributed by atoms with Gasteiger partial charge in [0.1, 0.15) is 0 Å². The van der Waals surface area contributed by atoms with Gasteiger partial charge in [-0.25, -0.2) is 4.79 Å². The molecule has 0 aromatic carbocycles. The van der Waals surface area contributed by atoms with E-state index in [0.29, 0.717) is 13.1 Å². The first-order chi connectivity index (χ1) is 7.06. The predicted octanol–water partition coefficient (Wildman–Crippen LogP) is 0.302. The van der Waals surface area contributed by atoms with Gasteiger partial charge in [0, 0.05) is 19.1 Å². The molecule has 0 bridgehead atoms. The molecule has 15 heavy (non-hydrogen) atoms. The fourth-order valence-electron chi connectivity index (χ4n) is 1.87. The van der Waals surface area contributed by atoms with Crippen LogP contribution in [0.4, 0.5) is 4.79 Å². The standard InChI is InChI=1S/C10H19N3O2/c1-3-12-10(15)13-6-8(9(11)14)5-4-7(13)2/h7-8H,3-6H2,1-2H3,(H2,11,14)(H,12,15). The van der Waals surface area contributed by atoms with Crippen molar-refractivity contribution in [2.24, 2.45) is 11.7 Å². The average Bonchev–Trinajstić information content (AvgIpc) is 2.18. The third kappa shape index (κ3) is 2.84. The molecule has 86 valence electrons. The van der Waals surface area contributed by atoms with Gasteiger partial charge in [-0.3, -0.25) is 4.79 Å². The van der Waals surface area contributed by atoms with Gasteiger partial charge in [0.2, 0.25) is 5.91 Å². The number of carbonyl (C=O) groups is 2. The number of nitrogens with one attached hydrogen (secondary N) is 1. The summed E-state index contributed by atoms with van der Waals surface area (Å²) in [7, 11) is 0. The first kappa shape index (κ1) is 11.8. The highest BCUT2D eigenvalue weighted by Gasteiger charge is 2.31. The molecule has 2 unspecified atom stereocenters. The van der Waals surface area contributed by atoms with Crippen molar-refractivity contribution in [3.63, 3.8) is 0 Å². The van der Waals surface area contributed by atoms with Crippen molar-refractivity contribution in [3.05, 3.63) is 0 Å². The van der Waals surface area contributed by atoms with E-state index in [2.05, 4.69) is 5.32 Å². The van der Waals surface area contributed by atoms with Gasteiger partial charge in [-0.05, 0) is 26.7 Å². The number of nitrogens with two attached hydrogens (primary N) is 1. The van der Waals surface area contributed by atoms with E-state index < -0.39 is 0 Å². The Hall–Kier alpha value is -1.26. The van der Waals surface area contributed by atoms with Crippen LogP contribution in [0, 0.1) is 5.92 Å². The maximum atomic E-state index is 11.6. The van der Waals surface area contributed by atoms with Crippen LogP contribution in [0.3, 0.4) is 0 Å². The number of hydrogen-bond acceptors (Lipinski definition) is 2. The second-order valence-electron chi connectivity index (χ2n) is 4.01. The highest BCUT2D eigenvalue weighted by Crippen LogP contribution is 2.21. The molecule has 0 aromatic heterocycles. The Morgan fingerprint density at radius 2 is 2.13 bits per heavy atom. The van der Waals surface area contributed by atoms with E-state index in [1.54, 1.807) is 4.90 Å². The molecular formula is C10H19N3O2. The number of carbonyl (C=O) groups excluding carboxylic acids is 2. The van der Waals surface area contributed by atoms with Crippen LogP contribution in [0.2, 0.25) is 0 Å². The van der Waals surface area contributed by atoms with Crippen molar-refractivity contribution in [1.82, 2.24) is 10.2 Å². The smallest absolute Gasteiger partial charge is 0.317 e. The normalized spacial score (nSPS) is 26.1. The SMILES string of the molecule is CCNC(=O)N1CC(C(N)=O)CCC1C. The van der Waals surface area contributed by atoms with Gasteiger partial charge in [-0.2, -0.15) is 0 Å². The lowest BCUT2D eigenvalue weighted by Gasteiger charge is -2.36. The fourth-order valence-corrected chi connectivity index (χ4v) is 1.87. The molecule has 1 fully saturated rings. The van der Waals surface area contributed by atoms with Gasteiger partial charge in [0.15, 0.2) is 0 Å². The third-order valence-electron chi connectivity index (χ3n) is 2.87. The fraction of sp³-hybridized carbons (Fsp3) is 0.800. The summed E-state index contributed by atoms with van der Waals surface area (Å²) in [5.41, 5.74) is 5.25. The molecule has 0 aliphatic carbocycles. The van der Waals surface area contributed by atoms with Crippen LogP contribution in [-0.4, -0.2) is 36.0 Å². The lowest BCUT2D eigenvalue weighted by molar-refractivity contribution is -0.123. The topological polar surface area (TPSA) is 75.4 Å². The highest BCUT2D eigenvalue weighted by molar-refractivity contribution is 5.79. The van der Waals surface area contributed by atoms with Gasteiger partial charge >= 0.3 is 6.03 Å². The summed E-state index contributed by atoms with van der Waals surface area (Å²) in [4.78, 5) is 24.4. The highest BCUT2D eigenvalue weighted by atomic mass is 16.2. The van der Waals surface area contributed by atoms with Gasteiger partial charge in [-0.15, -0.1) is 0 Å². The zero-order chi connectivity index (χ0) is 11.4. The van der Waals surface area contributed by atoms with Crippen LogP contribution in [0.15, 0.2) is 0 Å². The molecule has 0 radical (unpaired) electrons. The van der Waals surface area contributed by atoms with Crippen LogP contribution in [0.25, 0.3) is 0 Å². The maximum Gasteiger partial charge on any atom is 0.317 e. The molecule has 0 saturated carbocycles. The minimum Gasteiger partial charge on any atom is -0.369 e. The minimum absolute atomic E-state index is 0.101. The Kier molecular flexibility index (Phi) is 3.94. The van der Waals surface area contributed by atoms with Crippen molar-refractivity contribution in [2.75, 3.05) is 13.1 Å². The molecule has 1 rings (SSSR count). The minimum atomic E-state index is -0.309. The quantitative estimate of drug-likeness (QED) is 0.692. The summed E-state index contributed by atoms with van der Waals surface area (Å²) < 4.78 is 0. The summed E-state index contributed by atoms with van der Waals surface area (Å²) >= 11 is 0. The van der Waals surface area contributed by atoms with E-state index in [9.17, 15) is 9.59 Å². The van der Waals surface area contributed by atoms with Crippen molar-refractivity contribution < 1.29 is 9.59 Å². The molecule has 1 heterocycles. The summed E-state index contributed by atoms with van der Waals surface area (Å²) in [5, 5.41) is 2.74. The van der Waals surface area contributed by atoms with E-state index in [-0.39, 0.29) is 23.9 Å². The Balaban J connectivity index is 2.60. The first-order valence-corrected chi connectivity index (χ1v) is 5.40. The lowest BCUT2D eigenvalue weighted by Crippen LogP contribution is -2.52. The number of primary amides is 1. The molecule has 2 atom stereocenters. The molecule has 1 saturated heterocycles. The third-order valence-corrected chi connectivity index (χ3v) is 2.87. The van der Waals surface area contributed by atoms with Crippen molar-refractivity contribution in [1.29, 1.82) is 0 Å². The Morgan fingerprint density at radius 3 is 2.67 bits per heavy atom. The molecular weight excluding hydrogens is 194 g/mol. The Labute approximate surface area is 90.0 Å². The van der Waals surface area contributed by atoms with E-state index in [4.69, 9.17) is 5.73 Å².